The van der Waals surface area contributed by atoms with Gasteiger partial charge < -0.3 is 4.90 Å². The zero-order valence-corrected chi connectivity index (χ0v) is 14.2. The fourth-order valence-electron chi connectivity index (χ4n) is 3.96. The maximum Gasteiger partial charge on any atom is 0.241 e. The highest BCUT2D eigenvalue weighted by atomic mass is 16.2. The van der Waals surface area contributed by atoms with Gasteiger partial charge in [-0.1, -0.05) is 59.3 Å². The number of rotatable bonds is 7. The van der Waals surface area contributed by atoms with Crippen molar-refractivity contribution in [1.82, 2.24) is 10.2 Å². The van der Waals surface area contributed by atoms with E-state index < -0.39 is 0 Å². The number of hydrogen-bond donors (Lipinski definition) is 1. The molecule has 0 aromatic carbocycles. The van der Waals surface area contributed by atoms with Crippen LogP contribution in [0.2, 0.25) is 0 Å². The van der Waals surface area contributed by atoms with Crippen LogP contribution in [0.15, 0.2) is 0 Å². The quantitative estimate of drug-likeness (QED) is 0.771. The van der Waals surface area contributed by atoms with Crippen molar-refractivity contribution >= 4 is 5.91 Å². The Hall–Kier alpha value is -0.570. The number of carbonyl (C=O) groups is 1. The molecule has 0 aromatic rings. The predicted octanol–water partition coefficient (Wildman–Crippen LogP) is 3.93. The van der Waals surface area contributed by atoms with E-state index in [9.17, 15) is 4.79 Å². The molecule has 2 aliphatic rings. The molecule has 1 heterocycles. The molecule has 122 valence electrons. The third kappa shape index (κ3) is 4.70. The largest absolute Gasteiger partial charge is 0.326 e. The lowest BCUT2D eigenvalue weighted by Crippen LogP contribution is -2.38. The van der Waals surface area contributed by atoms with E-state index in [1.54, 1.807) is 0 Å². The molecule has 2 unspecified atom stereocenters. The Morgan fingerprint density at radius 2 is 1.90 bits per heavy atom. The Bertz CT molecular complexity index is 323. The maximum atomic E-state index is 12.7. The van der Waals surface area contributed by atoms with Crippen LogP contribution in [0.3, 0.4) is 0 Å². The number of hydrogen-bond acceptors (Lipinski definition) is 2. The predicted molar refractivity (Wildman–Crippen MR) is 88.0 cm³/mol. The van der Waals surface area contributed by atoms with Crippen LogP contribution in [0, 0.1) is 11.8 Å². The zero-order chi connectivity index (χ0) is 15.2. The molecule has 1 saturated heterocycles. The van der Waals surface area contributed by atoms with Crippen molar-refractivity contribution in [3.8, 4) is 0 Å². The minimum absolute atomic E-state index is 0.0629. The van der Waals surface area contributed by atoms with Gasteiger partial charge in [0.05, 0.1) is 12.2 Å². The summed E-state index contributed by atoms with van der Waals surface area (Å²) in [4.78, 5) is 14.8. The summed E-state index contributed by atoms with van der Waals surface area (Å²) in [6, 6.07) is 0.0629. The van der Waals surface area contributed by atoms with Gasteiger partial charge in [-0.3, -0.25) is 10.1 Å². The first-order valence-electron chi connectivity index (χ1n) is 9.18. The molecule has 0 aromatic heterocycles. The van der Waals surface area contributed by atoms with Gasteiger partial charge in [0.1, 0.15) is 0 Å². The normalized spacial score (nSPS) is 27.8. The molecule has 0 bridgehead atoms. The Morgan fingerprint density at radius 1 is 1.19 bits per heavy atom. The summed E-state index contributed by atoms with van der Waals surface area (Å²) in [6.07, 6.45) is 11.7. The topological polar surface area (TPSA) is 32.3 Å². The Balaban J connectivity index is 1.88. The van der Waals surface area contributed by atoms with E-state index in [1.807, 2.05) is 0 Å². The lowest BCUT2D eigenvalue weighted by atomic mass is 9.87. The van der Waals surface area contributed by atoms with Crippen molar-refractivity contribution in [1.29, 1.82) is 0 Å². The van der Waals surface area contributed by atoms with Crippen molar-refractivity contribution in [2.45, 2.75) is 90.8 Å². The summed E-state index contributed by atoms with van der Waals surface area (Å²) < 4.78 is 0. The van der Waals surface area contributed by atoms with Crippen molar-refractivity contribution in [3.63, 3.8) is 0 Å². The molecule has 1 amide bonds. The standard InChI is InChI=1S/C18H34N2O/c1-4-8-17-19-16(13-14(2)3)18(21)20(17)12-11-15-9-6-5-7-10-15/h14-17,19H,4-13H2,1-3H3. The molecule has 0 radical (unpaired) electrons. The van der Waals surface area contributed by atoms with E-state index in [2.05, 4.69) is 31.0 Å². The fraction of sp³-hybridized carbons (Fsp3) is 0.944. The maximum absolute atomic E-state index is 12.7. The van der Waals surface area contributed by atoms with Crippen LogP contribution in [-0.2, 0) is 4.79 Å². The third-order valence-electron chi connectivity index (χ3n) is 5.12. The molecule has 0 spiro atoms. The number of nitrogens with one attached hydrogen (secondary N) is 1. The number of nitrogens with zero attached hydrogens (tertiary/aromatic N) is 1. The van der Waals surface area contributed by atoms with Crippen LogP contribution in [-0.4, -0.2) is 29.6 Å². The summed E-state index contributed by atoms with van der Waals surface area (Å²) in [7, 11) is 0. The van der Waals surface area contributed by atoms with Crippen LogP contribution in [0.25, 0.3) is 0 Å². The molecule has 21 heavy (non-hydrogen) atoms. The molecule has 1 aliphatic carbocycles. The molecule has 3 nitrogen and oxygen atoms in total. The van der Waals surface area contributed by atoms with Gasteiger partial charge in [-0.2, -0.15) is 0 Å². The van der Waals surface area contributed by atoms with E-state index in [4.69, 9.17) is 0 Å². The summed E-state index contributed by atoms with van der Waals surface area (Å²) in [5.74, 6) is 1.79. The van der Waals surface area contributed by atoms with Gasteiger partial charge in [0.15, 0.2) is 0 Å². The summed E-state index contributed by atoms with van der Waals surface area (Å²) in [5.41, 5.74) is 0. The third-order valence-corrected chi connectivity index (χ3v) is 5.12. The highest BCUT2D eigenvalue weighted by molar-refractivity contribution is 5.84. The molecule has 1 saturated carbocycles. The molecule has 1 N–H and O–H groups in total. The van der Waals surface area contributed by atoms with Gasteiger partial charge in [-0.05, 0) is 31.1 Å². The van der Waals surface area contributed by atoms with Gasteiger partial charge in [-0.25, -0.2) is 0 Å². The Morgan fingerprint density at radius 3 is 2.52 bits per heavy atom. The number of carbonyl (C=O) groups excluding carboxylic acids is 1. The van der Waals surface area contributed by atoms with Crippen LogP contribution in [0.1, 0.15) is 78.6 Å². The van der Waals surface area contributed by atoms with Gasteiger partial charge >= 0.3 is 0 Å². The van der Waals surface area contributed by atoms with Crippen LogP contribution in [0.5, 0.6) is 0 Å². The summed E-state index contributed by atoms with van der Waals surface area (Å²) >= 11 is 0. The van der Waals surface area contributed by atoms with Crippen molar-refractivity contribution in [2.24, 2.45) is 11.8 Å². The summed E-state index contributed by atoms with van der Waals surface area (Å²) in [5, 5.41) is 3.59. The van der Waals surface area contributed by atoms with E-state index in [1.165, 1.54) is 38.5 Å². The highest BCUT2D eigenvalue weighted by Gasteiger charge is 2.38. The minimum Gasteiger partial charge on any atom is -0.326 e. The second-order valence-electron chi connectivity index (χ2n) is 7.48. The molecule has 1 aliphatic heterocycles. The first kappa shape index (κ1) is 16.8. The molecule has 3 heteroatoms. The smallest absolute Gasteiger partial charge is 0.241 e. The first-order chi connectivity index (χ1) is 10.1. The van der Waals surface area contributed by atoms with Crippen LogP contribution in [0.4, 0.5) is 0 Å². The average molecular weight is 294 g/mol. The first-order valence-corrected chi connectivity index (χ1v) is 9.18. The number of amides is 1. The molecule has 2 atom stereocenters. The molecular formula is C18H34N2O. The van der Waals surface area contributed by atoms with E-state index in [-0.39, 0.29) is 12.2 Å². The van der Waals surface area contributed by atoms with Gasteiger partial charge in [0.2, 0.25) is 5.91 Å². The van der Waals surface area contributed by atoms with Crippen molar-refractivity contribution in [3.05, 3.63) is 0 Å². The van der Waals surface area contributed by atoms with E-state index >= 15 is 0 Å². The Labute approximate surface area is 130 Å². The fourth-order valence-corrected chi connectivity index (χ4v) is 3.96. The SMILES string of the molecule is CCCC1NC(CC(C)C)C(=O)N1CCC1CCCCC1. The monoisotopic (exact) mass is 294 g/mol. The minimum atomic E-state index is 0.0629. The lowest BCUT2D eigenvalue weighted by Gasteiger charge is -2.28. The molecular weight excluding hydrogens is 260 g/mol. The highest BCUT2D eigenvalue weighted by Crippen LogP contribution is 2.28. The lowest BCUT2D eigenvalue weighted by molar-refractivity contribution is -0.130. The van der Waals surface area contributed by atoms with Crippen LogP contribution >= 0.6 is 0 Å². The second kappa shape index (κ2) is 8.17. The van der Waals surface area contributed by atoms with Gasteiger partial charge in [0.25, 0.3) is 0 Å². The molecule has 2 rings (SSSR count). The average Bonchev–Trinajstić information content (AvgIpc) is 2.74. The summed E-state index contributed by atoms with van der Waals surface area (Å²) in [6.45, 7) is 7.58. The van der Waals surface area contributed by atoms with Crippen molar-refractivity contribution in [2.75, 3.05) is 6.54 Å². The Kier molecular flexibility index (Phi) is 6.53. The molecule has 2 fully saturated rings. The van der Waals surface area contributed by atoms with E-state index in [0.29, 0.717) is 11.8 Å². The van der Waals surface area contributed by atoms with E-state index in [0.717, 1.165) is 31.7 Å². The van der Waals surface area contributed by atoms with Crippen LogP contribution < -0.4 is 5.32 Å². The van der Waals surface area contributed by atoms with Gasteiger partial charge in [-0.15, -0.1) is 0 Å². The van der Waals surface area contributed by atoms with Crippen molar-refractivity contribution < 1.29 is 4.79 Å². The zero-order valence-electron chi connectivity index (χ0n) is 14.2. The van der Waals surface area contributed by atoms with Gasteiger partial charge in [0, 0.05) is 6.54 Å². The second-order valence-corrected chi connectivity index (χ2v) is 7.48.